The van der Waals surface area contributed by atoms with Gasteiger partial charge in [-0.25, -0.2) is 0 Å². The molecule has 1 fully saturated rings. The van der Waals surface area contributed by atoms with Crippen molar-refractivity contribution >= 4 is 22.6 Å². The second-order valence-electron chi connectivity index (χ2n) is 7.49. The van der Waals surface area contributed by atoms with Crippen molar-refractivity contribution in [1.29, 1.82) is 0 Å². The molecular formula is C19H25N3O2. The van der Waals surface area contributed by atoms with Crippen LogP contribution in [0.1, 0.15) is 31.1 Å². The number of para-hydroxylation sites is 1. The lowest BCUT2D eigenvalue weighted by molar-refractivity contribution is -0.141. The normalized spacial score (nSPS) is 16.5. The predicted octanol–water partition coefficient (Wildman–Crippen LogP) is 2.54. The largest absolute Gasteiger partial charge is 0.360 e. The molecule has 0 aliphatic carbocycles. The van der Waals surface area contributed by atoms with Gasteiger partial charge in [-0.2, -0.15) is 0 Å². The van der Waals surface area contributed by atoms with Crippen molar-refractivity contribution in [2.45, 2.75) is 20.8 Å². The van der Waals surface area contributed by atoms with E-state index in [-0.39, 0.29) is 17.1 Å². The Bertz CT molecular complexity index is 749. The average molecular weight is 327 g/mol. The molecule has 128 valence electrons. The van der Waals surface area contributed by atoms with Crippen LogP contribution in [0, 0.1) is 5.41 Å². The number of rotatable bonds is 3. The number of carbonyl (C=O) groups is 2. The summed E-state index contributed by atoms with van der Waals surface area (Å²) in [5, 5.41) is 0.976. The number of carbonyl (C=O) groups excluding carboxylic acids is 2. The van der Waals surface area contributed by atoms with Gasteiger partial charge in [0.25, 0.3) is 0 Å². The van der Waals surface area contributed by atoms with E-state index in [4.69, 9.17) is 0 Å². The Labute approximate surface area is 142 Å². The summed E-state index contributed by atoms with van der Waals surface area (Å²) in [5.74, 6) is 0.313. The van der Waals surface area contributed by atoms with Crippen LogP contribution < -0.4 is 0 Å². The zero-order valence-corrected chi connectivity index (χ0v) is 14.6. The quantitative estimate of drug-likeness (QED) is 0.882. The van der Waals surface area contributed by atoms with Crippen molar-refractivity contribution in [3.63, 3.8) is 0 Å². The lowest BCUT2D eigenvalue weighted by atomic mass is 9.94. The molecule has 1 saturated heterocycles. The number of nitrogens with zero attached hydrogens (tertiary/aromatic N) is 2. The van der Waals surface area contributed by atoms with Crippen LogP contribution in [-0.4, -0.2) is 59.2 Å². The average Bonchev–Trinajstić information content (AvgIpc) is 2.98. The number of aromatic nitrogens is 1. The molecule has 1 N–H and O–H groups in total. The minimum atomic E-state index is -0.345. The number of hydrogen-bond acceptors (Lipinski definition) is 3. The van der Waals surface area contributed by atoms with Gasteiger partial charge in [0.15, 0.2) is 5.78 Å². The van der Waals surface area contributed by atoms with Crippen LogP contribution in [-0.2, 0) is 4.79 Å². The Hall–Kier alpha value is -2.14. The number of hydrogen-bond donors (Lipinski definition) is 1. The Morgan fingerprint density at radius 3 is 2.42 bits per heavy atom. The van der Waals surface area contributed by atoms with Crippen molar-refractivity contribution in [2.24, 2.45) is 5.41 Å². The summed E-state index contributed by atoms with van der Waals surface area (Å²) in [6.45, 7) is 9.12. The summed E-state index contributed by atoms with van der Waals surface area (Å²) in [5.41, 5.74) is 1.39. The Morgan fingerprint density at radius 1 is 1.08 bits per heavy atom. The minimum Gasteiger partial charge on any atom is -0.360 e. The third-order valence-corrected chi connectivity index (χ3v) is 4.56. The van der Waals surface area contributed by atoms with Gasteiger partial charge in [0.1, 0.15) is 0 Å². The number of ketones is 1. The minimum absolute atomic E-state index is 0.128. The van der Waals surface area contributed by atoms with E-state index in [1.165, 1.54) is 0 Å². The number of H-pyrrole nitrogens is 1. The standard InChI is InChI=1S/C19H25N3O2/c1-19(2,3)18(24)22-10-8-21(9-11-22)13-17(23)15-12-20-16-7-5-4-6-14(15)16/h4-7,12,20H,8-11,13H2,1-3H3. The molecule has 5 heteroatoms. The molecule has 0 unspecified atom stereocenters. The lowest BCUT2D eigenvalue weighted by Crippen LogP contribution is -2.52. The van der Waals surface area contributed by atoms with Crippen molar-refractivity contribution in [3.05, 3.63) is 36.0 Å². The van der Waals surface area contributed by atoms with Crippen LogP contribution >= 0.6 is 0 Å². The van der Waals surface area contributed by atoms with Gasteiger partial charge < -0.3 is 9.88 Å². The van der Waals surface area contributed by atoms with E-state index >= 15 is 0 Å². The van der Waals surface area contributed by atoms with Gasteiger partial charge in [-0.1, -0.05) is 39.0 Å². The summed E-state index contributed by atoms with van der Waals surface area (Å²) < 4.78 is 0. The molecule has 0 radical (unpaired) electrons. The number of Topliss-reactive ketones (excluding diaryl/α,β-unsaturated/α-hetero) is 1. The lowest BCUT2D eigenvalue weighted by Gasteiger charge is -2.37. The molecule has 3 rings (SSSR count). The van der Waals surface area contributed by atoms with Crippen LogP contribution in [0.3, 0.4) is 0 Å². The van der Waals surface area contributed by atoms with Crippen molar-refractivity contribution in [2.75, 3.05) is 32.7 Å². The highest BCUT2D eigenvalue weighted by Crippen LogP contribution is 2.20. The third kappa shape index (κ3) is 3.36. The molecule has 1 aromatic heterocycles. The first-order valence-electron chi connectivity index (χ1n) is 8.47. The van der Waals surface area contributed by atoms with Gasteiger partial charge in [-0.15, -0.1) is 0 Å². The highest BCUT2D eigenvalue weighted by atomic mass is 16.2. The maximum absolute atomic E-state index is 12.6. The van der Waals surface area contributed by atoms with E-state index in [0.717, 1.165) is 29.6 Å². The van der Waals surface area contributed by atoms with Gasteiger partial charge in [0.05, 0.1) is 6.54 Å². The highest BCUT2D eigenvalue weighted by molar-refractivity contribution is 6.08. The molecule has 1 aliphatic heterocycles. The van der Waals surface area contributed by atoms with Crippen molar-refractivity contribution in [1.82, 2.24) is 14.8 Å². The van der Waals surface area contributed by atoms with Crippen molar-refractivity contribution in [3.8, 4) is 0 Å². The molecule has 1 aromatic carbocycles. The Kier molecular flexibility index (Phi) is 4.45. The number of benzene rings is 1. The predicted molar refractivity (Wildman–Crippen MR) is 95.1 cm³/mol. The summed E-state index contributed by atoms with van der Waals surface area (Å²) in [6, 6.07) is 7.85. The monoisotopic (exact) mass is 327 g/mol. The smallest absolute Gasteiger partial charge is 0.228 e. The van der Waals surface area contributed by atoms with Crippen LogP contribution in [0.5, 0.6) is 0 Å². The maximum atomic E-state index is 12.6. The molecule has 0 spiro atoms. The molecule has 0 bridgehead atoms. The molecule has 0 saturated carbocycles. The Balaban J connectivity index is 1.60. The van der Waals surface area contributed by atoms with Crippen LogP contribution in [0.15, 0.2) is 30.5 Å². The van der Waals surface area contributed by atoms with E-state index in [9.17, 15) is 9.59 Å². The summed E-state index contributed by atoms with van der Waals surface area (Å²) >= 11 is 0. The maximum Gasteiger partial charge on any atom is 0.228 e. The molecule has 1 amide bonds. The van der Waals surface area contributed by atoms with E-state index in [1.807, 2.05) is 49.9 Å². The van der Waals surface area contributed by atoms with Crippen LogP contribution in [0.4, 0.5) is 0 Å². The summed E-state index contributed by atoms with van der Waals surface area (Å²) in [6.07, 6.45) is 1.80. The number of piperazine rings is 1. The number of nitrogens with one attached hydrogen (secondary N) is 1. The van der Waals surface area contributed by atoms with E-state index in [1.54, 1.807) is 6.20 Å². The molecule has 5 nitrogen and oxygen atoms in total. The van der Waals surface area contributed by atoms with Crippen LogP contribution in [0.2, 0.25) is 0 Å². The molecule has 1 aliphatic rings. The van der Waals surface area contributed by atoms with Crippen molar-refractivity contribution < 1.29 is 9.59 Å². The third-order valence-electron chi connectivity index (χ3n) is 4.56. The summed E-state index contributed by atoms with van der Waals surface area (Å²) in [4.78, 5) is 32.1. The van der Waals surface area contributed by atoms with Crippen LogP contribution in [0.25, 0.3) is 10.9 Å². The van der Waals surface area contributed by atoms with Gasteiger partial charge in [0.2, 0.25) is 5.91 Å². The van der Waals surface area contributed by atoms with Gasteiger partial charge in [-0.3, -0.25) is 14.5 Å². The zero-order chi connectivity index (χ0) is 17.3. The topological polar surface area (TPSA) is 56.4 Å². The number of aromatic amines is 1. The van der Waals surface area contributed by atoms with Gasteiger partial charge in [-0.05, 0) is 6.07 Å². The fourth-order valence-electron chi connectivity index (χ4n) is 3.17. The first kappa shape index (κ1) is 16.7. The first-order valence-corrected chi connectivity index (χ1v) is 8.47. The van der Waals surface area contributed by atoms with E-state index < -0.39 is 0 Å². The fourth-order valence-corrected chi connectivity index (χ4v) is 3.17. The second-order valence-corrected chi connectivity index (χ2v) is 7.49. The molecule has 2 heterocycles. The number of amides is 1. The van der Waals surface area contributed by atoms with Gasteiger partial charge in [0, 0.05) is 54.3 Å². The zero-order valence-electron chi connectivity index (χ0n) is 14.6. The second kappa shape index (κ2) is 6.40. The molecule has 2 aromatic rings. The SMILES string of the molecule is CC(C)(C)C(=O)N1CCN(CC(=O)c2c[nH]c3ccccc23)CC1. The number of fused-ring (bicyclic) bond motifs is 1. The van der Waals surface area contributed by atoms with E-state index in [2.05, 4.69) is 9.88 Å². The van der Waals surface area contributed by atoms with E-state index in [0.29, 0.717) is 19.6 Å². The Morgan fingerprint density at radius 2 is 1.75 bits per heavy atom. The highest BCUT2D eigenvalue weighted by Gasteiger charge is 2.30. The summed E-state index contributed by atoms with van der Waals surface area (Å²) in [7, 11) is 0. The first-order chi connectivity index (χ1) is 11.4. The fraction of sp³-hybridized carbons (Fsp3) is 0.474. The molecular weight excluding hydrogens is 302 g/mol. The molecule has 24 heavy (non-hydrogen) atoms. The molecule has 0 atom stereocenters. The van der Waals surface area contributed by atoms with Gasteiger partial charge >= 0.3 is 0 Å².